The highest BCUT2D eigenvalue weighted by atomic mass is 15.2. The largest absolute Gasteiger partial charge is 0.370 e. The third kappa shape index (κ3) is 4.97. The maximum atomic E-state index is 6.05. The van der Waals surface area contributed by atoms with E-state index in [1.807, 2.05) is 0 Å². The first-order valence-corrected chi connectivity index (χ1v) is 8.45. The van der Waals surface area contributed by atoms with Crippen molar-refractivity contribution in [1.29, 1.82) is 0 Å². The Balaban J connectivity index is 1.75. The normalized spacial score (nSPS) is 26.4. The van der Waals surface area contributed by atoms with E-state index in [1.54, 1.807) is 0 Å². The summed E-state index contributed by atoms with van der Waals surface area (Å²) in [7, 11) is 0. The first-order valence-electron chi connectivity index (χ1n) is 8.45. The molecule has 3 N–H and O–H groups in total. The van der Waals surface area contributed by atoms with Crippen LogP contribution < -0.4 is 11.1 Å². The van der Waals surface area contributed by atoms with E-state index in [2.05, 4.69) is 29.1 Å². The minimum Gasteiger partial charge on any atom is -0.370 e. The SMILES string of the molecule is CC(C)CN1CCC[C@@H]1CN=C(N)NC1CCCCC1. The third-order valence-electron chi connectivity index (χ3n) is 4.53. The number of nitrogens with zero attached hydrogens (tertiary/aromatic N) is 2. The quantitative estimate of drug-likeness (QED) is 0.600. The average molecular weight is 280 g/mol. The van der Waals surface area contributed by atoms with Gasteiger partial charge in [0.15, 0.2) is 5.96 Å². The van der Waals surface area contributed by atoms with Crippen LogP contribution in [0.15, 0.2) is 4.99 Å². The Morgan fingerprint density at radius 2 is 1.95 bits per heavy atom. The highest BCUT2D eigenvalue weighted by Gasteiger charge is 2.24. The van der Waals surface area contributed by atoms with Crippen molar-refractivity contribution in [3.05, 3.63) is 0 Å². The number of aliphatic imine (C=N–C) groups is 1. The summed E-state index contributed by atoms with van der Waals surface area (Å²) in [6.07, 6.45) is 9.11. The van der Waals surface area contributed by atoms with Crippen LogP contribution in [-0.4, -0.2) is 42.6 Å². The van der Waals surface area contributed by atoms with E-state index < -0.39 is 0 Å². The number of guanidine groups is 1. The minimum absolute atomic E-state index is 0.558. The molecular formula is C16H32N4. The number of nitrogens with two attached hydrogens (primary N) is 1. The molecule has 1 heterocycles. The summed E-state index contributed by atoms with van der Waals surface area (Å²) in [5.41, 5.74) is 6.05. The van der Waals surface area contributed by atoms with Crippen LogP contribution in [0.5, 0.6) is 0 Å². The summed E-state index contributed by atoms with van der Waals surface area (Å²) in [6, 6.07) is 1.16. The molecule has 0 aromatic heterocycles. The van der Waals surface area contributed by atoms with Gasteiger partial charge in [-0.1, -0.05) is 33.1 Å². The Labute approximate surface area is 124 Å². The highest BCUT2D eigenvalue weighted by molar-refractivity contribution is 5.78. The van der Waals surface area contributed by atoms with Crippen LogP contribution in [0.3, 0.4) is 0 Å². The van der Waals surface area contributed by atoms with Crippen molar-refractivity contribution in [3.8, 4) is 0 Å². The van der Waals surface area contributed by atoms with Gasteiger partial charge in [-0.3, -0.25) is 9.89 Å². The predicted octanol–water partition coefficient (Wildman–Crippen LogP) is 2.34. The van der Waals surface area contributed by atoms with E-state index in [-0.39, 0.29) is 0 Å². The molecule has 4 heteroatoms. The second-order valence-electron chi connectivity index (χ2n) is 6.89. The highest BCUT2D eigenvalue weighted by Crippen LogP contribution is 2.19. The van der Waals surface area contributed by atoms with Crippen LogP contribution in [0.25, 0.3) is 0 Å². The molecule has 2 aliphatic rings. The van der Waals surface area contributed by atoms with E-state index in [9.17, 15) is 0 Å². The molecule has 1 saturated heterocycles. The lowest BCUT2D eigenvalue weighted by atomic mass is 9.96. The fourth-order valence-electron chi connectivity index (χ4n) is 3.52. The van der Waals surface area contributed by atoms with E-state index in [0.717, 1.165) is 12.5 Å². The maximum absolute atomic E-state index is 6.05. The van der Waals surface area contributed by atoms with Crippen LogP contribution in [0.1, 0.15) is 58.8 Å². The molecule has 0 aromatic rings. The molecule has 0 unspecified atom stereocenters. The molecule has 1 aliphatic heterocycles. The van der Waals surface area contributed by atoms with Crippen molar-refractivity contribution < 1.29 is 0 Å². The molecule has 0 spiro atoms. The van der Waals surface area contributed by atoms with E-state index in [0.29, 0.717) is 18.0 Å². The molecule has 2 fully saturated rings. The third-order valence-corrected chi connectivity index (χ3v) is 4.53. The summed E-state index contributed by atoms with van der Waals surface area (Å²) in [4.78, 5) is 7.18. The number of hydrogen-bond donors (Lipinski definition) is 2. The fraction of sp³-hybridized carbons (Fsp3) is 0.938. The number of likely N-dealkylation sites (tertiary alicyclic amines) is 1. The summed E-state index contributed by atoms with van der Waals surface area (Å²) in [6.45, 7) is 7.86. The number of hydrogen-bond acceptors (Lipinski definition) is 2. The summed E-state index contributed by atoms with van der Waals surface area (Å²) in [5.74, 6) is 1.39. The van der Waals surface area contributed by atoms with Crippen molar-refractivity contribution >= 4 is 5.96 Å². The Bertz CT molecular complexity index is 308. The number of rotatable bonds is 5. The second kappa shape index (κ2) is 7.87. The zero-order valence-electron chi connectivity index (χ0n) is 13.3. The lowest BCUT2D eigenvalue weighted by Gasteiger charge is -2.26. The van der Waals surface area contributed by atoms with Crippen molar-refractivity contribution in [2.24, 2.45) is 16.6 Å². The summed E-state index contributed by atoms with van der Waals surface area (Å²) < 4.78 is 0. The first kappa shape index (κ1) is 15.6. The Morgan fingerprint density at radius 1 is 1.20 bits per heavy atom. The summed E-state index contributed by atoms with van der Waals surface area (Å²) in [5, 5.41) is 3.41. The molecular weight excluding hydrogens is 248 g/mol. The van der Waals surface area contributed by atoms with Gasteiger partial charge in [-0.05, 0) is 38.1 Å². The molecule has 20 heavy (non-hydrogen) atoms. The Morgan fingerprint density at radius 3 is 2.65 bits per heavy atom. The van der Waals surface area contributed by atoms with Gasteiger partial charge in [0.25, 0.3) is 0 Å². The standard InChI is InChI=1S/C16H32N4/c1-13(2)12-20-10-6-9-15(20)11-18-16(17)19-14-7-4-3-5-8-14/h13-15H,3-12H2,1-2H3,(H3,17,18,19)/t15-/m1/s1. The zero-order valence-corrected chi connectivity index (χ0v) is 13.3. The van der Waals surface area contributed by atoms with Crippen LogP contribution in [-0.2, 0) is 0 Å². The van der Waals surface area contributed by atoms with Gasteiger partial charge in [0.2, 0.25) is 0 Å². The molecule has 1 saturated carbocycles. The van der Waals surface area contributed by atoms with Crippen molar-refractivity contribution in [3.63, 3.8) is 0 Å². The molecule has 1 aliphatic carbocycles. The molecule has 0 amide bonds. The summed E-state index contributed by atoms with van der Waals surface area (Å²) >= 11 is 0. The van der Waals surface area contributed by atoms with Gasteiger partial charge in [-0.2, -0.15) is 0 Å². The molecule has 1 atom stereocenters. The van der Waals surface area contributed by atoms with Crippen LogP contribution in [0.2, 0.25) is 0 Å². The lowest BCUT2D eigenvalue weighted by molar-refractivity contribution is 0.231. The van der Waals surface area contributed by atoms with Gasteiger partial charge >= 0.3 is 0 Å². The van der Waals surface area contributed by atoms with Gasteiger partial charge in [0.05, 0.1) is 6.54 Å². The molecule has 0 aromatic carbocycles. The van der Waals surface area contributed by atoms with E-state index in [1.165, 1.54) is 58.0 Å². The second-order valence-corrected chi connectivity index (χ2v) is 6.89. The van der Waals surface area contributed by atoms with Gasteiger partial charge < -0.3 is 11.1 Å². The molecule has 4 nitrogen and oxygen atoms in total. The Kier molecular flexibility index (Phi) is 6.14. The van der Waals surface area contributed by atoms with Gasteiger partial charge in [-0.25, -0.2) is 0 Å². The van der Waals surface area contributed by atoms with Crippen LogP contribution in [0.4, 0.5) is 0 Å². The molecule has 116 valence electrons. The maximum Gasteiger partial charge on any atom is 0.188 e. The van der Waals surface area contributed by atoms with Gasteiger partial charge in [0, 0.05) is 18.6 Å². The van der Waals surface area contributed by atoms with Gasteiger partial charge in [-0.15, -0.1) is 0 Å². The lowest BCUT2D eigenvalue weighted by Crippen LogP contribution is -2.42. The molecule has 0 bridgehead atoms. The minimum atomic E-state index is 0.558. The first-order chi connectivity index (χ1) is 9.65. The van der Waals surface area contributed by atoms with Crippen molar-refractivity contribution in [2.75, 3.05) is 19.6 Å². The van der Waals surface area contributed by atoms with Crippen molar-refractivity contribution in [1.82, 2.24) is 10.2 Å². The van der Waals surface area contributed by atoms with E-state index >= 15 is 0 Å². The van der Waals surface area contributed by atoms with E-state index in [4.69, 9.17) is 5.73 Å². The van der Waals surface area contributed by atoms with Crippen molar-refractivity contribution in [2.45, 2.75) is 70.9 Å². The van der Waals surface area contributed by atoms with Gasteiger partial charge in [0.1, 0.15) is 0 Å². The monoisotopic (exact) mass is 280 g/mol. The Hall–Kier alpha value is -0.770. The smallest absolute Gasteiger partial charge is 0.188 e. The molecule has 0 radical (unpaired) electrons. The average Bonchev–Trinajstić information content (AvgIpc) is 2.84. The molecule has 2 rings (SSSR count). The fourth-order valence-corrected chi connectivity index (χ4v) is 3.52. The topological polar surface area (TPSA) is 53.6 Å². The van der Waals surface area contributed by atoms with Crippen LogP contribution >= 0.6 is 0 Å². The number of nitrogens with one attached hydrogen (secondary N) is 1. The predicted molar refractivity (Wildman–Crippen MR) is 85.9 cm³/mol. The zero-order chi connectivity index (χ0) is 14.4. The van der Waals surface area contributed by atoms with Crippen LogP contribution in [0, 0.1) is 5.92 Å².